The first-order chi connectivity index (χ1) is 8.24. The van der Waals surface area contributed by atoms with E-state index in [0.29, 0.717) is 13.0 Å². The number of nitrogens with two attached hydrogens (primary N) is 1. The lowest BCUT2D eigenvalue weighted by Gasteiger charge is -2.17. The first-order valence-corrected chi connectivity index (χ1v) is 6.73. The van der Waals surface area contributed by atoms with Crippen molar-refractivity contribution in [3.05, 3.63) is 0 Å². The molecule has 0 saturated heterocycles. The molecule has 4 heteroatoms. The lowest BCUT2D eigenvalue weighted by Crippen LogP contribution is -2.37. The molecule has 0 aliphatic heterocycles. The summed E-state index contributed by atoms with van der Waals surface area (Å²) < 4.78 is 5.09. The van der Waals surface area contributed by atoms with Crippen molar-refractivity contribution in [3.8, 4) is 0 Å². The summed E-state index contributed by atoms with van der Waals surface area (Å²) in [6.45, 7) is 3.47. The second-order valence-electron chi connectivity index (χ2n) is 4.46. The minimum absolute atomic E-state index is 0.147. The van der Waals surface area contributed by atoms with Crippen LogP contribution >= 0.6 is 0 Å². The van der Waals surface area contributed by atoms with Crippen molar-refractivity contribution in [2.24, 2.45) is 5.73 Å². The Kier molecular flexibility index (Phi) is 11.4. The van der Waals surface area contributed by atoms with Crippen LogP contribution in [0.2, 0.25) is 0 Å². The zero-order valence-electron chi connectivity index (χ0n) is 11.3. The smallest absolute Gasteiger partial charge is 0.220 e. The molecule has 17 heavy (non-hydrogen) atoms. The lowest BCUT2D eigenvalue weighted by molar-refractivity contribution is -0.122. The fraction of sp³-hybridized carbons (Fsp3) is 0.923. The fourth-order valence-corrected chi connectivity index (χ4v) is 1.83. The van der Waals surface area contributed by atoms with Gasteiger partial charge in [0, 0.05) is 13.5 Å². The summed E-state index contributed by atoms with van der Waals surface area (Å²) in [5, 5.41) is 3.02. The van der Waals surface area contributed by atoms with E-state index < -0.39 is 0 Å². The minimum Gasteiger partial charge on any atom is -0.383 e. The highest BCUT2D eigenvalue weighted by Crippen LogP contribution is 2.03. The molecule has 0 aromatic heterocycles. The van der Waals surface area contributed by atoms with Gasteiger partial charge in [0.2, 0.25) is 5.91 Å². The van der Waals surface area contributed by atoms with Gasteiger partial charge in [0.15, 0.2) is 0 Å². The van der Waals surface area contributed by atoms with Gasteiger partial charge in [0.25, 0.3) is 0 Å². The maximum atomic E-state index is 11.6. The van der Waals surface area contributed by atoms with Crippen molar-refractivity contribution in [2.45, 2.75) is 57.9 Å². The van der Waals surface area contributed by atoms with Crippen LogP contribution in [0.1, 0.15) is 51.9 Å². The van der Waals surface area contributed by atoms with Gasteiger partial charge in [-0.05, 0) is 25.8 Å². The molecule has 0 spiro atoms. The molecule has 0 rings (SSSR count). The van der Waals surface area contributed by atoms with Crippen LogP contribution in [0.3, 0.4) is 0 Å². The molecule has 4 nitrogen and oxygen atoms in total. The summed E-state index contributed by atoms with van der Waals surface area (Å²) in [6, 6.07) is 0.168. The van der Waals surface area contributed by atoms with E-state index in [9.17, 15) is 4.79 Å². The number of ether oxygens (including phenoxy) is 1. The number of hydrogen-bond donors (Lipinski definition) is 2. The monoisotopic (exact) mass is 244 g/mol. The molecule has 0 heterocycles. The van der Waals surface area contributed by atoms with Crippen molar-refractivity contribution < 1.29 is 9.53 Å². The van der Waals surface area contributed by atoms with Crippen LogP contribution in [0.15, 0.2) is 0 Å². The van der Waals surface area contributed by atoms with Crippen molar-refractivity contribution >= 4 is 5.91 Å². The average Bonchev–Trinajstić information content (AvgIpc) is 2.29. The molecule has 0 bridgehead atoms. The van der Waals surface area contributed by atoms with Crippen LogP contribution in [0, 0.1) is 0 Å². The number of nitrogens with one attached hydrogen (secondary N) is 1. The molecular formula is C13H28N2O2. The van der Waals surface area contributed by atoms with E-state index in [1.807, 2.05) is 0 Å². The molecule has 0 aromatic carbocycles. The van der Waals surface area contributed by atoms with E-state index in [2.05, 4.69) is 12.2 Å². The summed E-state index contributed by atoms with van der Waals surface area (Å²) in [5.41, 5.74) is 5.41. The van der Waals surface area contributed by atoms with Gasteiger partial charge in [-0.15, -0.1) is 0 Å². The van der Waals surface area contributed by atoms with Crippen molar-refractivity contribution in [2.75, 3.05) is 20.3 Å². The predicted octanol–water partition coefficient (Wildman–Crippen LogP) is 1.83. The number of carbonyl (C=O) groups excluding carboxylic acids is 1. The third-order valence-electron chi connectivity index (χ3n) is 2.73. The first kappa shape index (κ1) is 16.4. The Morgan fingerprint density at radius 3 is 2.59 bits per heavy atom. The van der Waals surface area contributed by atoms with E-state index in [4.69, 9.17) is 10.5 Å². The Morgan fingerprint density at radius 2 is 2.00 bits per heavy atom. The number of carbonyl (C=O) groups is 1. The van der Waals surface area contributed by atoms with Gasteiger partial charge in [0.1, 0.15) is 0 Å². The van der Waals surface area contributed by atoms with Crippen LogP contribution in [-0.4, -0.2) is 32.2 Å². The van der Waals surface area contributed by atoms with Crippen LogP contribution in [0.4, 0.5) is 0 Å². The molecule has 0 aliphatic rings. The summed E-state index contributed by atoms with van der Waals surface area (Å²) in [4.78, 5) is 11.6. The largest absolute Gasteiger partial charge is 0.383 e. The van der Waals surface area contributed by atoms with Crippen LogP contribution in [0.25, 0.3) is 0 Å². The number of rotatable bonds is 11. The first-order valence-electron chi connectivity index (χ1n) is 6.73. The van der Waals surface area contributed by atoms with Crippen molar-refractivity contribution in [1.29, 1.82) is 0 Å². The molecule has 0 aliphatic carbocycles. The second-order valence-corrected chi connectivity index (χ2v) is 4.46. The van der Waals surface area contributed by atoms with Gasteiger partial charge in [-0.1, -0.05) is 26.2 Å². The van der Waals surface area contributed by atoms with Crippen LogP contribution in [-0.2, 0) is 9.53 Å². The van der Waals surface area contributed by atoms with Gasteiger partial charge in [-0.25, -0.2) is 0 Å². The molecular weight excluding hydrogens is 216 g/mol. The fourth-order valence-electron chi connectivity index (χ4n) is 1.83. The van der Waals surface area contributed by atoms with Gasteiger partial charge in [0.05, 0.1) is 12.6 Å². The highest BCUT2D eigenvalue weighted by Gasteiger charge is 2.10. The Morgan fingerprint density at radius 1 is 1.29 bits per heavy atom. The van der Waals surface area contributed by atoms with E-state index in [0.717, 1.165) is 45.1 Å². The standard InChI is InChI=1S/C13H28N2O2/c1-3-8-12(11-17-2)15-13(16)9-6-4-5-7-10-14/h12H,3-11,14H2,1-2H3,(H,15,16). The van der Waals surface area contributed by atoms with Gasteiger partial charge >= 0.3 is 0 Å². The van der Waals surface area contributed by atoms with E-state index in [1.165, 1.54) is 0 Å². The summed E-state index contributed by atoms with van der Waals surface area (Å²) in [5.74, 6) is 0.147. The summed E-state index contributed by atoms with van der Waals surface area (Å²) in [7, 11) is 1.67. The van der Waals surface area contributed by atoms with E-state index in [-0.39, 0.29) is 11.9 Å². The highest BCUT2D eigenvalue weighted by atomic mass is 16.5. The maximum absolute atomic E-state index is 11.6. The number of methoxy groups -OCH3 is 1. The van der Waals surface area contributed by atoms with Crippen LogP contribution in [0.5, 0.6) is 0 Å². The van der Waals surface area contributed by atoms with E-state index in [1.54, 1.807) is 7.11 Å². The number of amides is 1. The molecule has 0 saturated carbocycles. The van der Waals surface area contributed by atoms with Crippen LogP contribution < -0.4 is 11.1 Å². The minimum atomic E-state index is 0.147. The zero-order chi connectivity index (χ0) is 12.9. The third-order valence-corrected chi connectivity index (χ3v) is 2.73. The highest BCUT2D eigenvalue weighted by molar-refractivity contribution is 5.76. The molecule has 0 fully saturated rings. The maximum Gasteiger partial charge on any atom is 0.220 e. The number of unbranched alkanes of at least 4 members (excludes halogenated alkanes) is 3. The van der Waals surface area contributed by atoms with Crippen molar-refractivity contribution in [3.63, 3.8) is 0 Å². The third kappa shape index (κ3) is 10.3. The lowest BCUT2D eigenvalue weighted by atomic mass is 10.1. The molecule has 0 aromatic rings. The Balaban J connectivity index is 3.59. The van der Waals surface area contributed by atoms with Gasteiger partial charge in [-0.3, -0.25) is 4.79 Å². The molecule has 0 radical (unpaired) electrons. The van der Waals surface area contributed by atoms with Gasteiger partial charge < -0.3 is 15.8 Å². The Labute approximate surface area is 105 Å². The summed E-state index contributed by atoms with van der Waals surface area (Å²) in [6.07, 6.45) is 6.89. The predicted molar refractivity (Wildman–Crippen MR) is 70.9 cm³/mol. The molecule has 1 atom stereocenters. The summed E-state index contributed by atoms with van der Waals surface area (Å²) >= 11 is 0. The zero-order valence-corrected chi connectivity index (χ0v) is 11.3. The number of hydrogen-bond acceptors (Lipinski definition) is 3. The molecule has 102 valence electrons. The molecule has 1 unspecified atom stereocenters. The SMILES string of the molecule is CCCC(COC)NC(=O)CCCCCCN. The van der Waals surface area contributed by atoms with E-state index >= 15 is 0 Å². The normalized spacial score (nSPS) is 12.4. The topological polar surface area (TPSA) is 64.3 Å². The molecule has 1 amide bonds. The van der Waals surface area contributed by atoms with Gasteiger partial charge in [-0.2, -0.15) is 0 Å². The Bertz CT molecular complexity index is 180. The van der Waals surface area contributed by atoms with Crippen molar-refractivity contribution in [1.82, 2.24) is 5.32 Å². The molecule has 3 N–H and O–H groups in total. The second kappa shape index (κ2) is 11.9. The average molecular weight is 244 g/mol. The Hall–Kier alpha value is -0.610. The quantitative estimate of drug-likeness (QED) is 0.545.